The van der Waals surface area contributed by atoms with Gasteiger partial charge in [-0.25, -0.2) is 4.98 Å². The Morgan fingerprint density at radius 1 is 1.71 bits per heavy atom. The molecule has 1 aromatic rings. The second-order valence-electron chi connectivity index (χ2n) is 4.46. The van der Waals surface area contributed by atoms with Crippen molar-refractivity contribution in [2.75, 3.05) is 18.4 Å². The standard InChI is InChI=1S/C12H16ClN3O/c1-8-4-10(12(13)15-6-8)16-11(17)5-9-2-3-14-7-9/h4,6,9,14H,2-3,5,7H2,1H3,(H,16,17). The third-order valence-electron chi connectivity index (χ3n) is 2.89. The maximum absolute atomic E-state index is 11.8. The van der Waals surface area contributed by atoms with Gasteiger partial charge >= 0.3 is 0 Å². The second-order valence-corrected chi connectivity index (χ2v) is 4.82. The van der Waals surface area contributed by atoms with Crippen molar-refractivity contribution in [1.29, 1.82) is 0 Å². The molecular formula is C12H16ClN3O. The predicted octanol–water partition coefficient (Wildman–Crippen LogP) is 1.98. The van der Waals surface area contributed by atoms with Crippen LogP contribution < -0.4 is 10.6 Å². The predicted molar refractivity (Wildman–Crippen MR) is 68.2 cm³/mol. The molecule has 1 aliphatic rings. The van der Waals surface area contributed by atoms with Crippen LogP contribution in [0.1, 0.15) is 18.4 Å². The zero-order valence-corrected chi connectivity index (χ0v) is 10.5. The minimum atomic E-state index is 0.00741. The van der Waals surface area contributed by atoms with Crippen LogP contribution in [-0.2, 0) is 4.79 Å². The van der Waals surface area contributed by atoms with E-state index in [2.05, 4.69) is 15.6 Å². The molecule has 92 valence electrons. The number of amides is 1. The Bertz CT molecular complexity index is 416. The lowest BCUT2D eigenvalue weighted by atomic mass is 10.0. The van der Waals surface area contributed by atoms with E-state index in [0.717, 1.165) is 25.1 Å². The fourth-order valence-electron chi connectivity index (χ4n) is 1.99. The molecule has 1 fully saturated rings. The highest BCUT2D eigenvalue weighted by Crippen LogP contribution is 2.21. The van der Waals surface area contributed by atoms with Gasteiger partial charge in [0.2, 0.25) is 5.91 Å². The number of nitrogens with one attached hydrogen (secondary N) is 2. The van der Waals surface area contributed by atoms with E-state index in [1.165, 1.54) is 0 Å². The molecule has 0 bridgehead atoms. The summed E-state index contributed by atoms with van der Waals surface area (Å²) in [6.45, 7) is 3.85. The van der Waals surface area contributed by atoms with Crippen molar-refractivity contribution in [2.45, 2.75) is 19.8 Å². The molecule has 1 atom stereocenters. The number of aryl methyl sites for hydroxylation is 1. The third-order valence-corrected chi connectivity index (χ3v) is 3.19. The highest BCUT2D eigenvalue weighted by Gasteiger charge is 2.18. The lowest BCUT2D eigenvalue weighted by molar-refractivity contribution is -0.116. The molecule has 2 rings (SSSR count). The summed E-state index contributed by atoms with van der Waals surface area (Å²) in [5.74, 6) is 0.444. The smallest absolute Gasteiger partial charge is 0.224 e. The van der Waals surface area contributed by atoms with E-state index in [4.69, 9.17) is 11.6 Å². The van der Waals surface area contributed by atoms with Crippen molar-refractivity contribution in [1.82, 2.24) is 10.3 Å². The monoisotopic (exact) mass is 253 g/mol. The number of halogens is 1. The summed E-state index contributed by atoms with van der Waals surface area (Å²) < 4.78 is 0. The minimum Gasteiger partial charge on any atom is -0.323 e. The SMILES string of the molecule is Cc1cnc(Cl)c(NC(=O)CC2CCNC2)c1. The van der Waals surface area contributed by atoms with Crippen LogP contribution in [0.5, 0.6) is 0 Å². The van der Waals surface area contributed by atoms with E-state index in [9.17, 15) is 4.79 Å². The summed E-state index contributed by atoms with van der Waals surface area (Å²) in [6.07, 6.45) is 3.28. The van der Waals surface area contributed by atoms with Gasteiger partial charge in [0.15, 0.2) is 5.15 Å². The molecule has 17 heavy (non-hydrogen) atoms. The van der Waals surface area contributed by atoms with Gasteiger partial charge in [0, 0.05) is 12.6 Å². The molecule has 2 heterocycles. The Kier molecular flexibility index (Phi) is 3.97. The van der Waals surface area contributed by atoms with Gasteiger partial charge in [0.25, 0.3) is 0 Å². The number of rotatable bonds is 3. The summed E-state index contributed by atoms with van der Waals surface area (Å²) in [5.41, 5.74) is 1.58. The van der Waals surface area contributed by atoms with Crippen LogP contribution in [0.4, 0.5) is 5.69 Å². The van der Waals surface area contributed by atoms with Crippen LogP contribution in [0.3, 0.4) is 0 Å². The van der Waals surface area contributed by atoms with E-state index in [0.29, 0.717) is 23.2 Å². The Morgan fingerprint density at radius 3 is 3.24 bits per heavy atom. The van der Waals surface area contributed by atoms with Gasteiger partial charge in [-0.15, -0.1) is 0 Å². The highest BCUT2D eigenvalue weighted by molar-refractivity contribution is 6.32. The van der Waals surface area contributed by atoms with Crippen LogP contribution in [0.15, 0.2) is 12.3 Å². The van der Waals surface area contributed by atoms with Gasteiger partial charge in [-0.2, -0.15) is 0 Å². The average Bonchev–Trinajstić information content (AvgIpc) is 2.76. The first-order valence-corrected chi connectivity index (χ1v) is 6.15. The Balaban J connectivity index is 1.95. The Morgan fingerprint density at radius 2 is 2.53 bits per heavy atom. The van der Waals surface area contributed by atoms with E-state index in [1.54, 1.807) is 6.20 Å². The molecule has 1 unspecified atom stereocenters. The minimum absolute atomic E-state index is 0.00741. The Labute approximate surface area is 106 Å². The van der Waals surface area contributed by atoms with Crippen molar-refractivity contribution in [3.63, 3.8) is 0 Å². The molecular weight excluding hydrogens is 238 g/mol. The van der Waals surface area contributed by atoms with Crippen LogP contribution in [0.2, 0.25) is 5.15 Å². The van der Waals surface area contributed by atoms with Crippen molar-refractivity contribution in [3.05, 3.63) is 23.0 Å². The van der Waals surface area contributed by atoms with Crippen molar-refractivity contribution in [3.8, 4) is 0 Å². The van der Waals surface area contributed by atoms with Crippen molar-refractivity contribution >= 4 is 23.2 Å². The van der Waals surface area contributed by atoms with Gasteiger partial charge < -0.3 is 10.6 Å². The number of hydrogen-bond donors (Lipinski definition) is 2. The molecule has 1 saturated heterocycles. The van der Waals surface area contributed by atoms with Crippen LogP contribution in [-0.4, -0.2) is 24.0 Å². The van der Waals surface area contributed by atoms with Gasteiger partial charge in [0.1, 0.15) is 0 Å². The number of pyridine rings is 1. The van der Waals surface area contributed by atoms with Crippen LogP contribution in [0.25, 0.3) is 0 Å². The van der Waals surface area contributed by atoms with E-state index >= 15 is 0 Å². The topological polar surface area (TPSA) is 54.0 Å². The molecule has 0 aromatic carbocycles. The zero-order chi connectivity index (χ0) is 12.3. The van der Waals surface area contributed by atoms with Crippen LogP contribution >= 0.6 is 11.6 Å². The Hall–Kier alpha value is -1.13. The summed E-state index contributed by atoms with van der Waals surface area (Å²) >= 11 is 5.92. The van der Waals surface area contributed by atoms with Gasteiger partial charge in [-0.05, 0) is 44.0 Å². The van der Waals surface area contributed by atoms with Crippen molar-refractivity contribution in [2.24, 2.45) is 5.92 Å². The summed E-state index contributed by atoms with van der Waals surface area (Å²) in [5, 5.41) is 6.40. The van der Waals surface area contributed by atoms with Crippen molar-refractivity contribution < 1.29 is 4.79 Å². The second kappa shape index (κ2) is 5.47. The molecule has 0 spiro atoms. The fourth-order valence-corrected chi connectivity index (χ4v) is 2.14. The molecule has 0 radical (unpaired) electrons. The van der Waals surface area contributed by atoms with E-state index in [-0.39, 0.29) is 5.91 Å². The molecule has 2 N–H and O–H groups in total. The molecule has 4 nitrogen and oxygen atoms in total. The summed E-state index contributed by atoms with van der Waals surface area (Å²) in [7, 11) is 0. The first kappa shape index (κ1) is 12.3. The maximum atomic E-state index is 11.8. The number of carbonyl (C=O) groups excluding carboxylic acids is 1. The number of aromatic nitrogens is 1. The van der Waals surface area contributed by atoms with E-state index < -0.39 is 0 Å². The molecule has 1 aliphatic heterocycles. The number of hydrogen-bond acceptors (Lipinski definition) is 3. The zero-order valence-electron chi connectivity index (χ0n) is 9.79. The van der Waals surface area contributed by atoms with Gasteiger partial charge in [-0.3, -0.25) is 4.79 Å². The molecule has 5 heteroatoms. The largest absolute Gasteiger partial charge is 0.323 e. The van der Waals surface area contributed by atoms with Crippen LogP contribution in [0, 0.1) is 12.8 Å². The first-order valence-electron chi connectivity index (χ1n) is 5.78. The number of nitrogens with zero attached hydrogens (tertiary/aromatic N) is 1. The maximum Gasteiger partial charge on any atom is 0.224 e. The summed E-state index contributed by atoms with van der Waals surface area (Å²) in [6, 6.07) is 1.83. The molecule has 1 aromatic heterocycles. The quantitative estimate of drug-likeness (QED) is 0.810. The van der Waals surface area contributed by atoms with E-state index in [1.807, 2.05) is 13.0 Å². The summed E-state index contributed by atoms with van der Waals surface area (Å²) in [4.78, 5) is 15.8. The van der Waals surface area contributed by atoms with Gasteiger partial charge in [0.05, 0.1) is 5.69 Å². The fraction of sp³-hybridized carbons (Fsp3) is 0.500. The van der Waals surface area contributed by atoms with Gasteiger partial charge in [-0.1, -0.05) is 11.6 Å². The highest BCUT2D eigenvalue weighted by atomic mass is 35.5. The number of carbonyl (C=O) groups is 1. The molecule has 0 aliphatic carbocycles. The number of anilines is 1. The first-order chi connectivity index (χ1) is 8.15. The molecule has 1 amide bonds. The normalized spacial score (nSPS) is 19.3. The third kappa shape index (κ3) is 3.41. The molecule has 0 saturated carbocycles. The average molecular weight is 254 g/mol. The lowest BCUT2D eigenvalue weighted by Gasteiger charge is -2.10. The lowest BCUT2D eigenvalue weighted by Crippen LogP contribution is -2.18.